The van der Waals surface area contributed by atoms with Gasteiger partial charge in [0.05, 0.1) is 23.4 Å². The molecule has 1 saturated heterocycles. The lowest BCUT2D eigenvalue weighted by molar-refractivity contribution is -0.126. The molecule has 48 heavy (non-hydrogen) atoms. The summed E-state index contributed by atoms with van der Waals surface area (Å²) in [5, 5.41) is 3.04. The predicted molar refractivity (Wildman–Crippen MR) is 180 cm³/mol. The summed E-state index contributed by atoms with van der Waals surface area (Å²) in [5.74, 6) is -1.97. The monoisotopic (exact) mass is 648 g/mol. The van der Waals surface area contributed by atoms with Gasteiger partial charge in [0, 0.05) is 25.3 Å². The summed E-state index contributed by atoms with van der Waals surface area (Å²) in [6, 6.07) is 22.5. The van der Waals surface area contributed by atoms with E-state index in [2.05, 4.69) is 21.9 Å². The summed E-state index contributed by atoms with van der Waals surface area (Å²) in [5.41, 5.74) is 7.32. The van der Waals surface area contributed by atoms with Gasteiger partial charge in [0.2, 0.25) is 5.91 Å². The Morgan fingerprint density at radius 3 is 2.15 bits per heavy atom. The number of aromatic nitrogens is 2. The molecule has 1 aliphatic heterocycles. The van der Waals surface area contributed by atoms with Crippen LogP contribution >= 0.6 is 0 Å². The van der Waals surface area contributed by atoms with Crippen molar-refractivity contribution in [3.63, 3.8) is 0 Å². The van der Waals surface area contributed by atoms with Gasteiger partial charge in [-0.1, -0.05) is 67.2 Å². The molecule has 2 amide bonds. The van der Waals surface area contributed by atoms with E-state index in [4.69, 9.17) is 15.2 Å². The summed E-state index contributed by atoms with van der Waals surface area (Å²) < 4.78 is 11.1. The van der Waals surface area contributed by atoms with Gasteiger partial charge in [-0.15, -0.1) is 0 Å². The highest BCUT2D eigenvalue weighted by Crippen LogP contribution is 2.28. The highest BCUT2D eigenvalue weighted by Gasteiger charge is 2.36. The van der Waals surface area contributed by atoms with Crippen LogP contribution in [0.15, 0.2) is 97.7 Å². The third-order valence-electron chi connectivity index (χ3n) is 8.17. The SMILES string of the molecule is C=CC(=O)N1CC[C@@H](N(C)c2cnc(C(N)=O)c(Nc3ccc(C(=O)OCc4ccccc4)c(C(=O)OCc4ccccc4)c3)n2)[C@H]1C. The number of likely N-dealkylation sites (tertiary alicyclic amines) is 1. The Morgan fingerprint density at radius 1 is 0.958 bits per heavy atom. The number of carbonyl (C=O) groups is 4. The van der Waals surface area contributed by atoms with Crippen molar-refractivity contribution in [2.24, 2.45) is 5.73 Å². The number of amides is 2. The molecule has 3 aromatic carbocycles. The number of hydrogen-bond donors (Lipinski definition) is 2. The van der Waals surface area contributed by atoms with Crippen LogP contribution < -0.4 is 16.0 Å². The first-order valence-electron chi connectivity index (χ1n) is 15.3. The number of likely N-dealkylation sites (N-methyl/N-ethyl adjacent to an activating group) is 1. The minimum absolute atomic E-state index is 0.00178. The number of nitrogens with two attached hydrogens (primary N) is 1. The number of hydrogen-bond acceptors (Lipinski definition) is 10. The number of nitrogens with zero attached hydrogens (tertiary/aromatic N) is 4. The van der Waals surface area contributed by atoms with Crippen LogP contribution in [0.4, 0.5) is 17.3 Å². The standard InChI is InChI=1S/C36H36N6O6/c1-4-31(43)42-18-17-29(23(42)2)41(3)30-20-38-32(33(37)44)34(40-30)39-26-15-16-27(35(45)47-21-24-11-7-5-8-12-24)28(19-26)36(46)48-22-25-13-9-6-10-14-25/h4-16,19-20,23,29H,1,17-18,21-22H2,2-3H3,(H2,37,44)(H,39,40)/t23-,29-/m1/s1. The topological polar surface area (TPSA) is 157 Å². The van der Waals surface area contributed by atoms with Crippen LogP contribution in [0, 0.1) is 0 Å². The van der Waals surface area contributed by atoms with Gasteiger partial charge in [-0.05, 0) is 48.7 Å². The van der Waals surface area contributed by atoms with E-state index in [1.165, 1.54) is 24.4 Å². The quantitative estimate of drug-likeness (QED) is 0.164. The van der Waals surface area contributed by atoms with Crippen molar-refractivity contribution in [3.05, 3.63) is 126 Å². The van der Waals surface area contributed by atoms with Crippen molar-refractivity contribution in [1.29, 1.82) is 0 Å². The molecule has 12 nitrogen and oxygen atoms in total. The smallest absolute Gasteiger partial charge is 0.339 e. The minimum atomic E-state index is -0.820. The van der Waals surface area contributed by atoms with E-state index in [0.29, 0.717) is 24.5 Å². The zero-order valence-electron chi connectivity index (χ0n) is 26.7. The van der Waals surface area contributed by atoms with Crippen molar-refractivity contribution in [1.82, 2.24) is 14.9 Å². The number of ether oxygens (including phenoxy) is 2. The molecule has 0 spiro atoms. The maximum Gasteiger partial charge on any atom is 0.339 e. The molecule has 2 atom stereocenters. The second kappa shape index (κ2) is 15.0. The molecule has 4 aromatic rings. The summed E-state index contributed by atoms with van der Waals surface area (Å²) in [6.45, 7) is 6.09. The van der Waals surface area contributed by atoms with Crippen molar-refractivity contribution in [2.45, 2.75) is 38.6 Å². The molecule has 0 saturated carbocycles. The highest BCUT2D eigenvalue weighted by molar-refractivity contribution is 6.04. The molecular weight excluding hydrogens is 612 g/mol. The normalized spacial score (nSPS) is 15.3. The summed E-state index contributed by atoms with van der Waals surface area (Å²) in [4.78, 5) is 63.8. The van der Waals surface area contributed by atoms with Gasteiger partial charge in [-0.25, -0.2) is 19.6 Å². The Kier molecular flexibility index (Phi) is 10.4. The van der Waals surface area contributed by atoms with Crippen molar-refractivity contribution < 1.29 is 28.7 Å². The van der Waals surface area contributed by atoms with E-state index < -0.39 is 17.8 Å². The fourth-order valence-corrected chi connectivity index (χ4v) is 5.56. The number of primary amides is 1. The van der Waals surface area contributed by atoms with E-state index in [1.54, 1.807) is 11.0 Å². The van der Waals surface area contributed by atoms with E-state index >= 15 is 0 Å². The predicted octanol–water partition coefficient (Wildman–Crippen LogP) is 4.64. The fourth-order valence-electron chi connectivity index (χ4n) is 5.56. The van der Waals surface area contributed by atoms with Gasteiger partial charge in [0.15, 0.2) is 11.5 Å². The summed E-state index contributed by atoms with van der Waals surface area (Å²) >= 11 is 0. The number of nitrogens with one attached hydrogen (secondary N) is 1. The van der Waals surface area contributed by atoms with Gasteiger partial charge in [-0.2, -0.15) is 0 Å². The maximum absolute atomic E-state index is 13.4. The molecule has 0 unspecified atom stereocenters. The van der Waals surface area contributed by atoms with E-state index in [-0.39, 0.29) is 53.8 Å². The zero-order chi connectivity index (χ0) is 34.2. The first-order chi connectivity index (χ1) is 23.2. The molecule has 3 N–H and O–H groups in total. The Labute approximate surface area is 278 Å². The number of carbonyl (C=O) groups excluding carboxylic acids is 4. The molecule has 12 heteroatoms. The van der Waals surface area contributed by atoms with E-state index in [9.17, 15) is 19.2 Å². The largest absolute Gasteiger partial charge is 0.457 e. The maximum atomic E-state index is 13.4. The molecule has 0 aliphatic carbocycles. The number of esters is 2. The number of anilines is 3. The van der Waals surface area contributed by atoms with Gasteiger partial charge in [0.1, 0.15) is 19.0 Å². The molecule has 246 valence electrons. The van der Waals surface area contributed by atoms with Crippen molar-refractivity contribution >= 4 is 41.1 Å². The minimum Gasteiger partial charge on any atom is -0.457 e. The van der Waals surface area contributed by atoms with Crippen LogP contribution in [0.2, 0.25) is 0 Å². The average Bonchev–Trinajstić information content (AvgIpc) is 3.50. The first kappa shape index (κ1) is 33.3. The lowest BCUT2D eigenvalue weighted by atomic mass is 10.1. The molecular formula is C36H36N6O6. The zero-order valence-corrected chi connectivity index (χ0v) is 26.7. The summed E-state index contributed by atoms with van der Waals surface area (Å²) in [7, 11) is 1.83. The van der Waals surface area contributed by atoms with Crippen molar-refractivity contribution in [2.75, 3.05) is 23.8 Å². The van der Waals surface area contributed by atoms with Gasteiger partial charge >= 0.3 is 11.9 Å². The first-order valence-corrected chi connectivity index (χ1v) is 15.3. The lowest BCUT2D eigenvalue weighted by Crippen LogP contribution is -2.43. The molecule has 5 rings (SSSR count). The van der Waals surface area contributed by atoms with Crippen LogP contribution in [-0.4, -0.2) is 64.3 Å². The van der Waals surface area contributed by atoms with Crippen LogP contribution in [0.25, 0.3) is 0 Å². The van der Waals surface area contributed by atoms with Gasteiger partial charge in [-0.3, -0.25) is 9.59 Å². The molecule has 1 aromatic heterocycles. The lowest BCUT2D eigenvalue weighted by Gasteiger charge is -2.31. The van der Waals surface area contributed by atoms with Crippen LogP contribution in [0.5, 0.6) is 0 Å². The van der Waals surface area contributed by atoms with E-state index in [1.807, 2.05) is 79.5 Å². The Balaban J connectivity index is 1.43. The van der Waals surface area contributed by atoms with E-state index in [0.717, 1.165) is 11.1 Å². The van der Waals surface area contributed by atoms with Crippen LogP contribution in [0.3, 0.4) is 0 Å². The van der Waals surface area contributed by atoms with Crippen LogP contribution in [-0.2, 0) is 27.5 Å². The van der Waals surface area contributed by atoms with Crippen LogP contribution in [0.1, 0.15) is 55.7 Å². The van der Waals surface area contributed by atoms with Gasteiger partial charge < -0.3 is 30.3 Å². The Morgan fingerprint density at radius 2 is 1.56 bits per heavy atom. The fraction of sp³-hybridized carbons (Fsp3) is 0.222. The van der Waals surface area contributed by atoms with Gasteiger partial charge in [0.25, 0.3) is 5.91 Å². The second-order valence-electron chi connectivity index (χ2n) is 11.2. The average molecular weight is 649 g/mol. The Bertz CT molecular complexity index is 1820. The second-order valence-corrected chi connectivity index (χ2v) is 11.2. The number of benzene rings is 3. The molecule has 0 radical (unpaired) electrons. The molecule has 0 bridgehead atoms. The molecule has 1 fully saturated rings. The molecule has 1 aliphatic rings. The highest BCUT2D eigenvalue weighted by atomic mass is 16.5. The van der Waals surface area contributed by atoms with Crippen molar-refractivity contribution in [3.8, 4) is 0 Å². The third-order valence-corrected chi connectivity index (χ3v) is 8.17. The third kappa shape index (κ3) is 7.66. The Hall–Kier alpha value is -6.04. The molecule has 2 heterocycles. The number of rotatable bonds is 12. The summed E-state index contributed by atoms with van der Waals surface area (Å²) in [6.07, 6.45) is 3.42.